The molecule has 0 saturated carbocycles. The topological polar surface area (TPSA) is 60.5 Å². The lowest BCUT2D eigenvalue weighted by atomic mass is 10.1. The van der Waals surface area contributed by atoms with Gasteiger partial charge in [0.2, 0.25) is 12.7 Å². The molecule has 1 aliphatic heterocycles. The van der Waals surface area contributed by atoms with Crippen LogP contribution in [0, 0.1) is 0 Å². The summed E-state index contributed by atoms with van der Waals surface area (Å²) in [6.07, 6.45) is 0.202. The summed E-state index contributed by atoms with van der Waals surface area (Å²) in [5, 5.41) is 4.31. The molecule has 0 saturated heterocycles. The fraction of sp³-hybridized carbons (Fsp3) is 0.125. The third-order valence-corrected chi connectivity index (χ3v) is 5.23. The third kappa shape index (κ3) is 2.88. The Morgan fingerprint density at radius 3 is 2.79 bits per heavy atom. The molecule has 24 heavy (non-hydrogen) atoms. The van der Waals surface area contributed by atoms with E-state index in [0.717, 1.165) is 10.3 Å². The van der Waals surface area contributed by atoms with Crippen molar-refractivity contribution in [3.05, 3.63) is 45.9 Å². The number of benzene rings is 2. The van der Waals surface area contributed by atoms with Crippen LogP contribution in [-0.2, 0) is 11.2 Å². The van der Waals surface area contributed by atoms with E-state index in [-0.39, 0.29) is 19.1 Å². The first kappa shape index (κ1) is 15.5. The van der Waals surface area contributed by atoms with Crippen LogP contribution in [-0.4, -0.2) is 17.7 Å². The number of thiazole rings is 1. The summed E-state index contributed by atoms with van der Waals surface area (Å²) in [4.78, 5) is 16.6. The molecule has 122 valence electrons. The van der Waals surface area contributed by atoms with Gasteiger partial charge in [-0.05, 0) is 29.8 Å². The van der Waals surface area contributed by atoms with E-state index in [1.165, 1.54) is 11.3 Å². The molecule has 2 heterocycles. The number of hydrogen-bond acceptors (Lipinski definition) is 5. The predicted molar refractivity (Wildman–Crippen MR) is 94.5 cm³/mol. The maximum Gasteiger partial charge on any atom is 0.231 e. The van der Waals surface area contributed by atoms with E-state index in [2.05, 4.69) is 10.3 Å². The zero-order valence-corrected chi connectivity index (χ0v) is 14.5. The van der Waals surface area contributed by atoms with Crippen molar-refractivity contribution in [1.29, 1.82) is 0 Å². The summed E-state index contributed by atoms with van der Waals surface area (Å²) in [7, 11) is 0. The molecule has 0 bridgehead atoms. The highest BCUT2D eigenvalue weighted by molar-refractivity contribution is 7.23. The highest BCUT2D eigenvalue weighted by Gasteiger charge is 2.16. The number of fused-ring (bicyclic) bond motifs is 2. The van der Waals surface area contributed by atoms with E-state index in [1.807, 2.05) is 6.07 Å². The maximum absolute atomic E-state index is 12.2. The third-order valence-electron chi connectivity index (χ3n) is 3.49. The molecule has 4 rings (SSSR count). The predicted octanol–water partition coefficient (Wildman–Crippen LogP) is 4.51. The Hall–Kier alpha value is -2.02. The Kier molecular flexibility index (Phi) is 3.96. The molecule has 1 aromatic heterocycles. The number of aromatic nitrogens is 1. The first-order valence-electron chi connectivity index (χ1n) is 7.03. The van der Waals surface area contributed by atoms with Crippen molar-refractivity contribution in [2.24, 2.45) is 0 Å². The fourth-order valence-corrected chi connectivity index (χ4v) is 3.84. The quantitative estimate of drug-likeness (QED) is 0.725. The Morgan fingerprint density at radius 2 is 1.96 bits per heavy atom. The summed E-state index contributed by atoms with van der Waals surface area (Å²) in [5.41, 5.74) is 1.42. The van der Waals surface area contributed by atoms with Gasteiger partial charge in [-0.15, -0.1) is 0 Å². The molecular formula is C16H10Cl2N2O3S. The Morgan fingerprint density at radius 1 is 1.17 bits per heavy atom. The lowest BCUT2D eigenvalue weighted by Crippen LogP contribution is -2.14. The molecule has 0 spiro atoms. The SMILES string of the molecule is O=C(Cc1ccc2c(c1)OCO2)Nc1nc2c(Cl)ccc(Cl)c2s1. The lowest BCUT2D eigenvalue weighted by molar-refractivity contribution is -0.115. The summed E-state index contributed by atoms with van der Waals surface area (Å²) in [6, 6.07) is 8.82. The number of ether oxygens (including phenoxy) is 2. The summed E-state index contributed by atoms with van der Waals surface area (Å²) in [5.74, 6) is 1.16. The van der Waals surface area contributed by atoms with Crippen LogP contribution in [0.2, 0.25) is 10.0 Å². The van der Waals surface area contributed by atoms with Crippen molar-refractivity contribution in [2.45, 2.75) is 6.42 Å². The van der Waals surface area contributed by atoms with Gasteiger partial charge in [-0.1, -0.05) is 40.6 Å². The average Bonchev–Trinajstić information content (AvgIpc) is 3.17. The van der Waals surface area contributed by atoms with Gasteiger partial charge < -0.3 is 14.8 Å². The summed E-state index contributed by atoms with van der Waals surface area (Å²) in [6.45, 7) is 0.207. The average molecular weight is 381 g/mol. The Labute approximate surface area is 151 Å². The molecule has 8 heteroatoms. The van der Waals surface area contributed by atoms with Gasteiger partial charge in [0.25, 0.3) is 0 Å². The molecule has 1 aliphatic rings. The highest BCUT2D eigenvalue weighted by atomic mass is 35.5. The van der Waals surface area contributed by atoms with Gasteiger partial charge in [-0.3, -0.25) is 4.79 Å². The standard InChI is InChI=1S/C16H10Cl2N2O3S/c17-9-2-3-10(18)15-14(9)20-16(24-15)19-13(21)6-8-1-4-11-12(5-8)23-7-22-11/h1-5H,6-7H2,(H,19,20,21). The summed E-state index contributed by atoms with van der Waals surface area (Å²) < 4.78 is 11.3. The number of carbonyl (C=O) groups excluding carboxylic acids is 1. The normalized spacial score (nSPS) is 12.6. The van der Waals surface area contributed by atoms with Gasteiger partial charge in [-0.25, -0.2) is 4.98 Å². The van der Waals surface area contributed by atoms with E-state index in [4.69, 9.17) is 32.7 Å². The number of nitrogens with one attached hydrogen (secondary N) is 1. The lowest BCUT2D eigenvalue weighted by Gasteiger charge is -2.03. The van der Waals surface area contributed by atoms with E-state index in [1.54, 1.807) is 24.3 Å². The van der Waals surface area contributed by atoms with Gasteiger partial charge >= 0.3 is 0 Å². The second-order valence-electron chi connectivity index (χ2n) is 5.14. The monoisotopic (exact) mass is 380 g/mol. The van der Waals surface area contributed by atoms with Crippen molar-refractivity contribution in [1.82, 2.24) is 4.98 Å². The van der Waals surface area contributed by atoms with Crippen molar-refractivity contribution >= 4 is 55.8 Å². The molecule has 0 radical (unpaired) electrons. The molecule has 0 aliphatic carbocycles. The van der Waals surface area contributed by atoms with E-state index >= 15 is 0 Å². The van der Waals surface area contributed by atoms with Gasteiger partial charge in [0.05, 0.1) is 21.2 Å². The molecule has 1 amide bonds. The van der Waals surface area contributed by atoms with E-state index in [0.29, 0.717) is 32.2 Å². The highest BCUT2D eigenvalue weighted by Crippen LogP contribution is 2.36. The van der Waals surface area contributed by atoms with E-state index in [9.17, 15) is 4.79 Å². The number of rotatable bonds is 3. The second-order valence-corrected chi connectivity index (χ2v) is 6.95. The number of halogens is 2. The first-order valence-corrected chi connectivity index (χ1v) is 8.60. The Balaban J connectivity index is 1.52. The van der Waals surface area contributed by atoms with Crippen molar-refractivity contribution in [3.8, 4) is 11.5 Å². The van der Waals surface area contributed by atoms with Crippen LogP contribution in [0.15, 0.2) is 30.3 Å². The molecule has 0 atom stereocenters. The van der Waals surface area contributed by atoms with Crippen LogP contribution in [0.4, 0.5) is 5.13 Å². The van der Waals surface area contributed by atoms with Crippen LogP contribution >= 0.6 is 34.5 Å². The molecule has 2 aromatic carbocycles. The van der Waals surface area contributed by atoms with Crippen LogP contribution in [0.5, 0.6) is 11.5 Å². The fourth-order valence-electron chi connectivity index (χ4n) is 2.40. The number of nitrogens with zero attached hydrogens (tertiary/aromatic N) is 1. The smallest absolute Gasteiger partial charge is 0.231 e. The zero-order chi connectivity index (χ0) is 16.7. The van der Waals surface area contributed by atoms with Crippen LogP contribution in [0.1, 0.15) is 5.56 Å². The van der Waals surface area contributed by atoms with Gasteiger partial charge in [-0.2, -0.15) is 0 Å². The molecule has 1 N–H and O–H groups in total. The second kappa shape index (κ2) is 6.12. The minimum atomic E-state index is -0.180. The van der Waals surface area contributed by atoms with Crippen molar-refractivity contribution < 1.29 is 14.3 Å². The number of anilines is 1. The van der Waals surface area contributed by atoms with E-state index < -0.39 is 0 Å². The summed E-state index contributed by atoms with van der Waals surface area (Å²) >= 11 is 13.5. The van der Waals surface area contributed by atoms with Crippen LogP contribution in [0.3, 0.4) is 0 Å². The minimum absolute atomic E-state index is 0.180. The number of carbonyl (C=O) groups is 1. The molecule has 0 unspecified atom stereocenters. The molecule has 0 fully saturated rings. The largest absolute Gasteiger partial charge is 0.454 e. The zero-order valence-electron chi connectivity index (χ0n) is 12.1. The van der Waals surface area contributed by atoms with Gasteiger partial charge in [0.1, 0.15) is 5.52 Å². The Bertz CT molecular complexity index is 919. The van der Waals surface area contributed by atoms with Crippen molar-refractivity contribution in [3.63, 3.8) is 0 Å². The number of hydrogen-bond donors (Lipinski definition) is 1. The first-order chi connectivity index (χ1) is 11.6. The maximum atomic E-state index is 12.2. The van der Waals surface area contributed by atoms with Crippen LogP contribution < -0.4 is 14.8 Å². The minimum Gasteiger partial charge on any atom is -0.454 e. The number of amides is 1. The van der Waals surface area contributed by atoms with Crippen LogP contribution in [0.25, 0.3) is 10.2 Å². The van der Waals surface area contributed by atoms with Crippen molar-refractivity contribution in [2.75, 3.05) is 12.1 Å². The molecule has 3 aromatic rings. The van der Waals surface area contributed by atoms with Gasteiger partial charge in [0, 0.05) is 0 Å². The van der Waals surface area contributed by atoms with Gasteiger partial charge in [0.15, 0.2) is 16.6 Å². The molecular weight excluding hydrogens is 371 g/mol. The molecule has 5 nitrogen and oxygen atoms in total.